The zero-order valence-electron chi connectivity index (χ0n) is 9.25. The van der Waals surface area contributed by atoms with E-state index in [0.29, 0.717) is 6.04 Å². The van der Waals surface area contributed by atoms with Gasteiger partial charge in [-0.2, -0.15) is 0 Å². The fraction of sp³-hybridized carbons (Fsp3) is 0.667. The average molecular weight is 195 g/mol. The molecule has 0 atom stereocenters. The van der Waals surface area contributed by atoms with Gasteiger partial charge in [0.05, 0.1) is 0 Å². The fourth-order valence-electron chi connectivity index (χ4n) is 1.69. The van der Waals surface area contributed by atoms with Crippen LogP contribution in [0.4, 0.5) is 0 Å². The lowest BCUT2D eigenvalue weighted by atomic mass is 9.97. The van der Waals surface area contributed by atoms with Gasteiger partial charge in [-0.25, -0.2) is 0 Å². The van der Waals surface area contributed by atoms with Crippen LogP contribution < -0.4 is 5.73 Å². The van der Waals surface area contributed by atoms with Crippen LogP contribution in [0.15, 0.2) is 16.5 Å². The van der Waals surface area contributed by atoms with Crippen LogP contribution >= 0.6 is 0 Å². The van der Waals surface area contributed by atoms with Crippen LogP contribution in [0.2, 0.25) is 0 Å². The molecule has 0 saturated heterocycles. The largest absolute Gasteiger partial charge is 0.467 e. The Hall–Kier alpha value is -0.760. The third kappa shape index (κ3) is 4.47. The van der Waals surface area contributed by atoms with Gasteiger partial charge in [-0.15, -0.1) is 0 Å². The van der Waals surface area contributed by atoms with Gasteiger partial charge in [0.15, 0.2) is 0 Å². The minimum Gasteiger partial charge on any atom is -0.467 e. The third-order valence-corrected chi connectivity index (χ3v) is 2.52. The Bertz CT molecular complexity index is 232. The molecule has 0 amide bonds. The standard InChI is InChI=1S/C6H13N.C6H8O/c7-6-4-2-1-3-5-6;1-5-3-4-6(2)7-5/h6H,1-5,7H2;3-4H,1-2H3. The molecule has 1 fully saturated rings. The SMILES string of the molecule is Cc1ccc(C)o1.NC1CCCCC1. The summed E-state index contributed by atoms with van der Waals surface area (Å²) in [6.07, 6.45) is 6.66. The first kappa shape index (κ1) is 11.3. The van der Waals surface area contributed by atoms with Gasteiger partial charge >= 0.3 is 0 Å². The van der Waals surface area contributed by atoms with Gasteiger partial charge < -0.3 is 10.2 Å². The predicted molar refractivity (Wildman–Crippen MR) is 59.2 cm³/mol. The number of hydrogen-bond donors (Lipinski definition) is 1. The molecule has 1 aliphatic rings. The van der Waals surface area contributed by atoms with Crippen molar-refractivity contribution in [2.45, 2.75) is 52.0 Å². The molecule has 0 spiro atoms. The van der Waals surface area contributed by atoms with E-state index in [2.05, 4.69) is 0 Å². The molecule has 1 aromatic heterocycles. The molecule has 0 aliphatic heterocycles. The fourth-order valence-corrected chi connectivity index (χ4v) is 1.69. The lowest BCUT2D eigenvalue weighted by Crippen LogP contribution is -2.22. The molecule has 14 heavy (non-hydrogen) atoms. The van der Waals surface area contributed by atoms with Crippen molar-refractivity contribution in [1.29, 1.82) is 0 Å². The highest BCUT2D eigenvalue weighted by atomic mass is 16.3. The summed E-state index contributed by atoms with van der Waals surface area (Å²) >= 11 is 0. The number of rotatable bonds is 0. The third-order valence-electron chi connectivity index (χ3n) is 2.52. The summed E-state index contributed by atoms with van der Waals surface area (Å²) < 4.78 is 5.08. The highest BCUT2D eigenvalue weighted by molar-refractivity contribution is 5.02. The van der Waals surface area contributed by atoms with E-state index >= 15 is 0 Å². The maximum atomic E-state index is 5.63. The molecule has 1 aromatic rings. The Morgan fingerprint density at radius 2 is 1.57 bits per heavy atom. The van der Waals surface area contributed by atoms with E-state index in [4.69, 9.17) is 10.2 Å². The van der Waals surface area contributed by atoms with Crippen molar-refractivity contribution in [3.05, 3.63) is 23.7 Å². The Balaban J connectivity index is 0.000000140. The lowest BCUT2D eigenvalue weighted by Gasteiger charge is -2.15. The molecule has 0 bridgehead atoms. The summed E-state index contributed by atoms with van der Waals surface area (Å²) in [6, 6.07) is 4.44. The normalized spacial score (nSPS) is 17.4. The maximum Gasteiger partial charge on any atom is 0.101 e. The smallest absolute Gasteiger partial charge is 0.101 e. The van der Waals surface area contributed by atoms with Crippen LogP contribution in [0.5, 0.6) is 0 Å². The maximum absolute atomic E-state index is 5.63. The number of furan rings is 1. The van der Waals surface area contributed by atoms with E-state index in [1.807, 2.05) is 26.0 Å². The molecule has 2 nitrogen and oxygen atoms in total. The molecule has 2 heteroatoms. The first-order valence-corrected chi connectivity index (χ1v) is 5.47. The highest BCUT2D eigenvalue weighted by Gasteiger charge is 2.06. The predicted octanol–water partition coefficient (Wildman–Crippen LogP) is 3.17. The van der Waals surface area contributed by atoms with Gasteiger partial charge in [-0.3, -0.25) is 0 Å². The van der Waals surface area contributed by atoms with E-state index in [-0.39, 0.29) is 0 Å². The first-order chi connectivity index (χ1) is 6.68. The zero-order valence-corrected chi connectivity index (χ0v) is 9.25. The van der Waals surface area contributed by atoms with Crippen molar-refractivity contribution >= 4 is 0 Å². The lowest BCUT2D eigenvalue weighted by molar-refractivity contribution is 0.441. The number of hydrogen-bond acceptors (Lipinski definition) is 2. The minimum atomic E-state index is 0.536. The monoisotopic (exact) mass is 195 g/mol. The molecule has 1 saturated carbocycles. The Morgan fingerprint density at radius 1 is 1.07 bits per heavy atom. The molecule has 2 rings (SSSR count). The van der Waals surface area contributed by atoms with E-state index in [1.165, 1.54) is 32.1 Å². The number of aryl methyl sites for hydroxylation is 2. The second-order valence-corrected chi connectivity index (χ2v) is 4.05. The molecule has 1 heterocycles. The first-order valence-electron chi connectivity index (χ1n) is 5.47. The molecular weight excluding hydrogens is 174 g/mol. The van der Waals surface area contributed by atoms with E-state index in [0.717, 1.165) is 11.5 Å². The Morgan fingerprint density at radius 3 is 1.79 bits per heavy atom. The quantitative estimate of drug-likeness (QED) is 0.690. The van der Waals surface area contributed by atoms with Crippen LogP contribution in [0.1, 0.15) is 43.6 Å². The van der Waals surface area contributed by atoms with Crippen molar-refractivity contribution < 1.29 is 4.42 Å². The van der Waals surface area contributed by atoms with E-state index in [1.54, 1.807) is 0 Å². The topological polar surface area (TPSA) is 39.2 Å². The van der Waals surface area contributed by atoms with E-state index in [9.17, 15) is 0 Å². The van der Waals surface area contributed by atoms with Crippen LogP contribution in [0.3, 0.4) is 0 Å². The summed E-state index contributed by atoms with van der Waals surface area (Å²) in [7, 11) is 0. The Kier molecular flexibility index (Phi) is 4.74. The summed E-state index contributed by atoms with van der Waals surface area (Å²) in [5, 5.41) is 0. The average Bonchev–Trinajstić information content (AvgIpc) is 2.52. The van der Waals surface area contributed by atoms with Gasteiger partial charge in [0.25, 0.3) is 0 Å². The van der Waals surface area contributed by atoms with Crippen molar-refractivity contribution in [3.63, 3.8) is 0 Å². The summed E-state index contributed by atoms with van der Waals surface area (Å²) in [6.45, 7) is 3.88. The molecule has 2 N–H and O–H groups in total. The molecular formula is C12H21NO. The minimum absolute atomic E-state index is 0.536. The summed E-state index contributed by atoms with van der Waals surface area (Å²) in [5.74, 6) is 1.97. The second kappa shape index (κ2) is 5.86. The van der Waals surface area contributed by atoms with Gasteiger partial charge in [-0.1, -0.05) is 19.3 Å². The van der Waals surface area contributed by atoms with E-state index < -0.39 is 0 Å². The van der Waals surface area contributed by atoms with Gasteiger partial charge in [-0.05, 0) is 38.8 Å². The van der Waals surface area contributed by atoms with Gasteiger partial charge in [0.1, 0.15) is 11.5 Å². The highest BCUT2D eigenvalue weighted by Crippen LogP contribution is 2.14. The molecule has 0 unspecified atom stereocenters. The van der Waals surface area contributed by atoms with Crippen LogP contribution in [-0.2, 0) is 0 Å². The van der Waals surface area contributed by atoms with Crippen molar-refractivity contribution in [2.75, 3.05) is 0 Å². The van der Waals surface area contributed by atoms with Crippen LogP contribution in [0.25, 0.3) is 0 Å². The molecule has 1 aliphatic carbocycles. The molecule has 80 valence electrons. The van der Waals surface area contributed by atoms with Gasteiger partial charge in [0.2, 0.25) is 0 Å². The zero-order chi connectivity index (χ0) is 10.4. The molecule has 0 radical (unpaired) electrons. The van der Waals surface area contributed by atoms with Crippen molar-refractivity contribution in [2.24, 2.45) is 5.73 Å². The second-order valence-electron chi connectivity index (χ2n) is 4.05. The van der Waals surface area contributed by atoms with Crippen molar-refractivity contribution in [3.8, 4) is 0 Å². The van der Waals surface area contributed by atoms with Crippen LogP contribution in [0, 0.1) is 13.8 Å². The van der Waals surface area contributed by atoms with Crippen molar-refractivity contribution in [1.82, 2.24) is 0 Å². The summed E-state index contributed by atoms with van der Waals surface area (Å²) in [4.78, 5) is 0. The van der Waals surface area contributed by atoms with Crippen LogP contribution in [-0.4, -0.2) is 6.04 Å². The molecule has 0 aromatic carbocycles. The Labute approximate surface area is 86.5 Å². The number of nitrogens with two attached hydrogens (primary N) is 1. The van der Waals surface area contributed by atoms with Gasteiger partial charge in [0, 0.05) is 6.04 Å². The summed E-state index contributed by atoms with van der Waals surface area (Å²) in [5.41, 5.74) is 5.63.